The van der Waals surface area contributed by atoms with Crippen LogP contribution in [0.3, 0.4) is 0 Å². The Bertz CT molecular complexity index is 667. The number of hydrogen-bond donors (Lipinski definition) is 0. The van der Waals surface area contributed by atoms with Gasteiger partial charge in [-0.15, -0.1) is 11.8 Å². The molecule has 0 N–H and O–H groups in total. The van der Waals surface area contributed by atoms with Gasteiger partial charge in [0.05, 0.1) is 12.3 Å². The van der Waals surface area contributed by atoms with Crippen molar-refractivity contribution in [1.29, 1.82) is 0 Å². The first-order chi connectivity index (χ1) is 11.1. The van der Waals surface area contributed by atoms with Gasteiger partial charge in [-0.3, -0.25) is 4.79 Å². The Hall–Kier alpha value is -2.08. The molecule has 0 radical (unpaired) electrons. The number of thioether (sulfide) groups is 1. The van der Waals surface area contributed by atoms with Crippen molar-refractivity contribution in [2.24, 2.45) is 0 Å². The number of likely N-dealkylation sites (N-methyl/N-ethyl adjacent to an activating group) is 1. The molecule has 0 unspecified atom stereocenters. The van der Waals surface area contributed by atoms with E-state index in [0.717, 1.165) is 11.8 Å². The first-order valence-electron chi connectivity index (χ1n) is 7.06. The van der Waals surface area contributed by atoms with Crippen LogP contribution in [-0.4, -0.2) is 36.8 Å². The maximum absolute atomic E-state index is 13.5. The van der Waals surface area contributed by atoms with E-state index in [1.807, 2.05) is 0 Å². The van der Waals surface area contributed by atoms with Gasteiger partial charge in [-0.25, -0.2) is 8.78 Å². The van der Waals surface area contributed by atoms with E-state index in [-0.39, 0.29) is 29.8 Å². The highest BCUT2D eigenvalue weighted by molar-refractivity contribution is 8.00. The summed E-state index contributed by atoms with van der Waals surface area (Å²) in [7, 11) is 1.63. The fourth-order valence-electron chi connectivity index (χ4n) is 1.79. The van der Waals surface area contributed by atoms with Gasteiger partial charge in [0.1, 0.15) is 12.4 Å². The number of carbonyl (C=O) groups excluding carboxylic acids is 1. The second-order valence-electron chi connectivity index (χ2n) is 4.81. The Balaban J connectivity index is 1.75. The number of benzene rings is 2. The van der Waals surface area contributed by atoms with Crippen LogP contribution in [-0.2, 0) is 4.79 Å². The zero-order chi connectivity index (χ0) is 16.7. The number of nitrogens with zero attached hydrogens (tertiary/aromatic N) is 1. The molecule has 23 heavy (non-hydrogen) atoms. The predicted molar refractivity (Wildman–Crippen MR) is 86.7 cm³/mol. The maximum atomic E-state index is 13.5. The normalized spacial score (nSPS) is 10.4. The third kappa shape index (κ3) is 5.25. The van der Waals surface area contributed by atoms with Crippen molar-refractivity contribution in [1.82, 2.24) is 4.90 Å². The third-order valence-corrected chi connectivity index (χ3v) is 4.17. The summed E-state index contributed by atoms with van der Waals surface area (Å²) >= 11 is 1.15. The molecule has 0 atom stereocenters. The van der Waals surface area contributed by atoms with Crippen molar-refractivity contribution in [3.8, 4) is 5.75 Å². The summed E-state index contributed by atoms with van der Waals surface area (Å²) < 4.78 is 32.1. The Labute approximate surface area is 138 Å². The summed E-state index contributed by atoms with van der Waals surface area (Å²) in [5.74, 6) is -0.617. The van der Waals surface area contributed by atoms with Crippen LogP contribution in [0, 0.1) is 11.6 Å². The highest BCUT2D eigenvalue weighted by atomic mass is 32.2. The van der Waals surface area contributed by atoms with Gasteiger partial charge < -0.3 is 9.64 Å². The molecule has 2 rings (SSSR count). The Morgan fingerprint density at radius 2 is 1.74 bits per heavy atom. The Morgan fingerprint density at radius 3 is 2.43 bits per heavy atom. The molecule has 6 heteroatoms. The van der Waals surface area contributed by atoms with Crippen LogP contribution >= 0.6 is 11.8 Å². The van der Waals surface area contributed by atoms with E-state index in [0.29, 0.717) is 11.4 Å². The quantitative estimate of drug-likeness (QED) is 0.723. The third-order valence-electron chi connectivity index (χ3n) is 3.13. The van der Waals surface area contributed by atoms with E-state index < -0.39 is 5.82 Å². The number of halogens is 2. The van der Waals surface area contributed by atoms with Crippen molar-refractivity contribution < 1.29 is 18.3 Å². The SMILES string of the molecule is CN(CCOc1ccccc1F)C(=O)CSc1ccccc1F. The zero-order valence-electron chi connectivity index (χ0n) is 12.7. The molecule has 0 heterocycles. The molecule has 0 saturated heterocycles. The molecular weight excluding hydrogens is 320 g/mol. The van der Waals surface area contributed by atoms with Gasteiger partial charge in [0.15, 0.2) is 11.6 Å². The molecule has 3 nitrogen and oxygen atoms in total. The molecule has 0 aromatic heterocycles. The van der Waals surface area contributed by atoms with Gasteiger partial charge in [0, 0.05) is 11.9 Å². The molecule has 0 spiro atoms. The number of rotatable bonds is 7. The fourth-order valence-corrected chi connectivity index (χ4v) is 2.67. The van der Waals surface area contributed by atoms with Crippen LogP contribution < -0.4 is 4.74 Å². The van der Waals surface area contributed by atoms with E-state index in [4.69, 9.17) is 4.74 Å². The number of ether oxygens (including phenoxy) is 1. The van der Waals surface area contributed by atoms with Crippen LogP contribution in [0.2, 0.25) is 0 Å². The minimum absolute atomic E-state index is 0.136. The Morgan fingerprint density at radius 1 is 1.09 bits per heavy atom. The minimum atomic E-state index is -0.434. The number of hydrogen-bond acceptors (Lipinski definition) is 3. The van der Waals surface area contributed by atoms with Gasteiger partial charge in [0.2, 0.25) is 5.91 Å². The first kappa shape index (κ1) is 17.3. The molecule has 122 valence electrons. The van der Waals surface area contributed by atoms with Crippen molar-refractivity contribution in [2.45, 2.75) is 4.90 Å². The van der Waals surface area contributed by atoms with E-state index in [1.54, 1.807) is 37.4 Å². The summed E-state index contributed by atoms with van der Waals surface area (Å²) in [4.78, 5) is 13.9. The zero-order valence-corrected chi connectivity index (χ0v) is 13.5. The molecule has 0 fully saturated rings. The van der Waals surface area contributed by atoms with Crippen LogP contribution in [0.25, 0.3) is 0 Å². The average molecular weight is 337 g/mol. The average Bonchev–Trinajstić information content (AvgIpc) is 2.55. The molecule has 2 aromatic rings. The maximum Gasteiger partial charge on any atom is 0.232 e. The summed E-state index contributed by atoms with van der Waals surface area (Å²) in [5, 5.41) is 0. The van der Waals surface area contributed by atoms with Crippen molar-refractivity contribution in [2.75, 3.05) is 26.0 Å². The monoisotopic (exact) mass is 337 g/mol. The summed E-state index contributed by atoms with van der Waals surface area (Å²) in [6.45, 7) is 0.512. The lowest BCUT2D eigenvalue weighted by Crippen LogP contribution is -2.32. The van der Waals surface area contributed by atoms with E-state index in [9.17, 15) is 13.6 Å². The van der Waals surface area contributed by atoms with Crippen LogP contribution in [0.4, 0.5) is 8.78 Å². The Kier molecular flexibility index (Phi) is 6.40. The standard InChI is InChI=1S/C17H17F2NO2S/c1-20(10-11-22-15-8-4-2-6-13(15)18)17(21)12-23-16-9-5-3-7-14(16)19/h2-9H,10-12H2,1H3. The van der Waals surface area contributed by atoms with Crippen molar-refractivity contribution >= 4 is 17.7 Å². The predicted octanol–water partition coefficient (Wildman–Crippen LogP) is 3.59. The van der Waals surface area contributed by atoms with Gasteiger partial charge in [-0.05, 0) is 24.3 Å². The molecular formula is C17H17F2NO2S. The molecule has 1 amide bonds. The minimum Gasteiger partial charge on any atom is -0.489 e. The van der Waals surface area contributed by atoms with Gasteiger partial charge >= 0.3 is 0 Å². The van der Waals surface area contributed by atoms with Gasteiger partial charge in [-0.2, -0.15) is 0 Å². The van der Waals surface area contributed by atoms with Crippen LogP contribution in [0.5, 0.6) is 5.75 Å². The molecule has 0 aliphatic heterocycles. The summed E-state index contributed by atoms with van der Waals surface area (Å²) in [6, 6.07) is 12.4. The highest BCUT2D eigenvalue weighted by Gasteiger charge is 2.11. The second kappa shape index (κ2) is 8.53. The van der Waals surface area contributed by atoms with Crippen molar-refractivity contribution in [3.63, 3.8) is 0 Å². The fraction of sp³-hybridized carbons (Fsp3) is 0.235. The van der Waals surface area contributed by atoms with E-state index in [2.05, 4.69) is 0 Å². The molecule has 0 aliphatic carbocycles. The highest BCUT2D eigenvalue weighted by Crippen LogP contribution is 2.21. The van der Waals surface area contributed by atoms with E-state index in [1.165, 1.54) is 23.1 Å². The lowest BCUT2D eigenvalue weighted by molar-refractivity contribution is -0.127. The first-order valence-corrected chi connectivity index (χ1v) is 8.05. The summed E-state index contributed by atoms with van der Waals surface area (Å²) in [5.41, 5.74) is 0. The van der Waals surface area contributed by atoms with E-state index >= 15 is 0 Å². The largest absolute Gasteiger partial charge is 0.489 e. The lowest BCUT2D eigenvalue weighted by Gasteiger charge is -2.17. The second-order valence-corrected chi connectivity index (χ2v) is 5.83. The lowest BCUT2D eigenvalue weighted by atomic mass is 10.3. The number of carbonyl (C=O) groups is 1. The molecule has 0 bridgehead atoms. The van der Waals surface area contributed by atoms with Gasteiger partial charge in [0.25, 0.3) is 0 Å². The van der Waals surface area contributed by atoms with Gasteiger partial charge in [-0.1, -0.05) is 24.3 Å². The number of amides is 1. The smallest absolute Gasteiger partial charge is 0.232 e. The van der Waals surface area contributed by atoms with Crippen LogP contribution in [0.15, 0.2) is 53.4 Å². The molecule has 2 aromatic carbocycles. The van der Waals surface area contributed by atoms with Crippen molar-refractivity contribution in [3.05, 3.63) is 60.2 Å². The summed E-state index contributed by atoms with van der Waals surface area (Å²) in [6.07, 6.45) is 0. The van der Waals surface area contributed by atoms with Crippen LogP contribution in [0.1, 0.15) is 0 Å². The molecule has 0 saturated carbocycles. The topological polar surface area (TPSA) is 29.5 Å². The molecule has 0 aliphatic rings. The number of para-hydroxylation sites is 1.